The van der Waals surface area contributed by atoms with E-state index in [1.54, 1.807) is 11.1 Å². The molecule has 19 heavy (non-hydrogen) atoms. The molecule has 2 aliphatic rings. The molecule has 102 valence electrons. The molecule has 2 fully saturated rings. The van der Waals surface area contributed by atoms with Gasteiger partial charge in [0.15, 0.2) is 5.01 Å². The van der Waals surface area contributed by atoms with Crippen LogP contribution in [0.4, 0.5) is 0 Å². The fraction of sp³-hybridized carbons (Fsp3) is 0.583. The molecule has 0 aliphatic carbocycles. The lowest BCUT2D eigenvalue weighted by molar-refractivity contribution is -0.125. The number of thiazole rings is 1. The van der Waals surface area contributed by atoms with Crippen LogP contribution in [0.5, 0.6) is 0 Å². The van der Waals surface area contributed by atoms with E-state index in [1.165, 1.54) is 11.3 Å². The van der Waals surface area contributed by atoms with Crippen LogP contribution in [0.15, 0.2) is 11.6 Å². The van der Waals surface area contributed by atoms with Crippen LogP contribution in [0.2, 0.25) is 0 Å². The highest BCUT2D eigenvalue weighted by Gasteiger charge is 2.33. The Morgan fingerprint density at radius 3 is 2.63 bits per heavy atom. The molecule has 0 atom stereocenters. The SMILES string of the molecule is O=CN1CC(N2CCN(C(=O)c3nccs3)CC2)C1. The molecular formula is C12H16N4O2S. The summed E-state index contributed by atoms with van der Waals surface area (Å²) >= 11 is 1.39. The fourth-order valence-corrected chi connectivity index (χ4v) is 3.16. The van der Waals surface area contributed by atoms with E-state index >= 15 is 0 Å². The molecule has 6 nitrogen and oxygen atoms in total. The summed E-state index contributed by atoms with van der Waals surface area (Å²) in [5, 5.41) is 2.40. The second kappa shape index (κ2) is 5.26. The average Bonchev–Trinajstić information content (AvgIpc) is 2.91. The molecule has 2 saturated heterocycles. The first-order valence-electron chi connectivity index (χ1n) is 6.40. The molecule has 1 aromatic rings. The number of hydrogen-bond donors (Lipinski definition) is 0. The lowest BCUT2D eigenvalue weighted by Gasteiger charge is -2.46. The van der Waals surface area contributed by atoms with Crippen LogP contribution in [0.3, 0.4) is 0 Å². The van der Waals surface area contributed by atoms with Gasteiger partial charge in [0.05, 0.1) is 0 Å². The molecule has 0 spiro atoms. The van der Waals surface area contributed by atoms with Gasteiger partial charge in [0.25, 0.3) is 5.91 Å². The number of amides is 2. The minimum Gasteiger partial charge on any atom is -0.342 e. The number of aromatic nitrogens is 1. The Hall–Kier alpha value is -1.47. The zero-order chi connectivity index (χ0) is 13.2. The summed E-state index contributed by atoms with van der Waals surface area (Å²) in [6, 6.07) is 0.474. The van der Waals surface area contributed by atoms with Crippen LogP contribution in [0.25, 0.3) is 0 Å². The van der Waals surface area contributed by atoms with E-state index in [4.69, 9.17) is 0 Å². The fourth-order valence-electron chi connectivity index (χ4n) is 2.56. The first-order chi connectivity index (χ1) is 9.28. The molecule has 3 rings (SSSR count). The van der Waals surface area contributed by atoms with Crippen molar-refractivity contribution in [2.45, 2.75) is 6.04 Å². The van der Waals surface area contributed by atoms with Crippen molar-refractivity contribution in [1.29, 1.82) is 0 Å². The van der Waals surface area contributed by atoms with Crippen molar-refractivity contribution in [2.75, 3.05) is 39.3 Å². The monoisotopic (exact) mass is 280 g/mol. The molecule has 3 heterocycles. The first kappa shape index (κ1) is 12.6. The molecule has 0 saturated carbocycles. The van der Waals surface area contributed by atoms with Crippen LogP contribution < -0.4 is 0 Å². The lowest BCUT2D eigenvalue weighted by atomic mass is 10.1. The Morgan fingerprint density at radius 2 is 2.05 bits per heavy atom. The summed E-state index contributed by atoms with van der Waals surface area (Å²) in [6.45, 7) is 4.91. The van der Waals surface area contributed by atoms with Crippen LogP contribution in [0, 0.1) is 0 Å². The molecule has 7 heteroatoms. The molecule has 2 amide bonds. The summed E-state index contributed by atoms with van der Waals surface area (Å²) < 4.78 is 0. The number of piperazine rings is 1. The second-order valence-electron chi connectivity index (χ2n) is 4.88. The summed E-state index contributed by atoms with van der Waals surface area (Å²) in [5.74, 6) is 0.0396. The van der Waals surface area contributed by atoms with Gasteiger partial charge in [0, 0.05) is 56.9 Å². The highest BCUT2D eigenvalue weighted by molar-refractivity contribution is 7.11. The Balaban J connectivity index is 1.50. The molecule has 0 unspecified atom stereocenters. The van der Waals surface area contributed by atoms with Gasteiger partial charge in [-0.2, -0.15) is 0 Å². The van der Waals surface area contributed by atoms with E-state index in [2.05, 4.69) is 9.88 Å². The standard InChI is InChI=1S/C12H16N4O2S/c17-9-14-7-10(8-14)15-2-4-16(5-3-15)12(18)11-13-1-6-19-11/h1,6,9-10H,2-5,7-8H2. The Morgan fingerprint density at radius 1 is 1.32 bits per heavy atom. The third kappa shape index (κ3) is 2.48. The summed E-state index contributed by atoms with van der Waals surface area (Å²) in [4.78, 5) is 32.7. The number of hydrogen-bond acceptors (Lipinski definition) is 5. The highest BCUT2D eigenvalue weighted by atomic mass is 32.1. The van der Waals surface area contributed by atoms with Crippen molar-refractivity contribution >= 4 is 23.7 Å². The molecule has 1 aromatic heterocycles. The van der Waals surface area contributed by atoms with E-state index in [0.717, 1.165) is 45.7 Å². The Labute approximate surface area is 115 Å². The van der Waals surface area contributed by atoms with Gasteiger partial charge in [0.2, 0.25) is 6.41 Å². The first-order valence-corrected chi connectivity index (χ1v) is 7.28. The number of likely N-dealkylation sites (tertiary alicyclic amines) is 1. The minimum atomic E-state index is 0.0396. The summed E-state index contributed by atoms with van der Waals surface area (Å²) in [6.07, 6.45) is 2.56. The van der Waals surface area contributed by atoms with Gasteiger partial charge in [-0.05, 0) is 0 Å². The van der Waals surface area contributed by atoms with Crippen molar-refractivity contribution in [3.05, 3.63) is 16.6 Å². The van der Waals surface area contributed by atoms with E-state index in [0.29, 0.717) is 11.0 Å². The largest absolute Gasteiger partial charge is 0.342 e. The van der Waals surface area contributed by atoms with Crippen LogP contribution >= 0.6 is 11.3 Å². The predicted molar refractivity (Wildman–Crippen MR) is 71.0 cm³/mol. The zero-order valence-corrected chi connectivity index (χ0v) is 11.4. The normalized spacial score (nSPS) is 21.3. The minimum absolute atomic E-state index is 0.0396. The maximum atomic E-state index is 12.1. The maximum absolute atomic E-state index is 12.1. The van der Waals surface area contributed by atoms with Crippen molar-refractivity contribution in [3.63, 3.8) is 0 Å². The van der Waals surface area contributed by atoms with E-state index in [-0.39, 0.29) is 5.91 Å². The Bertz CT molecular complexity index is 450. The van der Waals surface area contributed by atoms with Crippen molar-refractivity contribution < 1.29 is 9.59 Å². The molecule has 0 N–H and O–H groups in total. The van der Waals surface area contributed by atoms with Gasteiger partial charge in [-0.1, -0.05) is 0 Å². The second-order valence-corrected chi connectivity index (χ2v) is 5.77. The molecule has 0 bridgehead atoms. The van der Waals surface area contributed by atoms with E-state index in [9.17, 15) is 9.59 Å². The smallest absolute Gasteiger partial charge is 0.282 e. The van der Waals surface area contributed by atoms with Crippen LogP contribution in [0.1, 0.15) is 9.80 Å². The van der Waals surface area contributed by atoms with Crippen molar-refractivity contribution in [3.8, 4) is 0 Å². The molecule has 0 radical (unpaired) electrons. The quantitative estimate of drug-likeness (QED) is 0.716. The third-order valence-corrected chi connectivity index (χ3v) is 4.53. The zero-order valence-electron chi connectivity index (χ0n) is 10.6. The summed E-state index contributed by atoms with van der Waals surface area (Å²) in [5.41, 5.74) is 0. The van der Waals surface area contributed by atoms with Gasteiger partial charge >= 0.3 is 0 Å². The third-order valence-electron chi connectivity index (χ3n) is 3.77. The average molecular weight is 280 g/mol. The van der Waals surface area contributed by atoms with E-state index in [1.807, 2.05) is 10.3 Å². The van der Waals surface area contributed by atoms with Gasteiger partial charge in [-0.15, -0.1) is 11.3 Å². The van der Waals surface area contributed by atoms with Gasteiger partial charge in [0.1, 0.15) is 0 Å². The topological polar surface area (TPSA) is 56.8 Å². The van der Waals surface area contributed by atoms with Crippen LogP contribution in [-0.2, 0) is 4.79 Å². The molecular weight excluding hydrogens is 264 g/mol. The highest BCUT2D eigenvalue weighted by Crippen LogP contribution is 2.17. The van der Waals surface area contributed by atoms with Gasteiger partial charge in [-0.3, -0.25) is 14.5 Å². The van der Waals surface area contributed by atoms with Crippen LogP contribution in [-0.4, -0.2) is 77.3 Å². The lowest BCUT2D eigenvalue weighted by Crippen LogP contribution is -2.62. The van der Waals surface area contributed by atoms with Gasteiger partial charge in [-0.25, -0.2) is 4.98 Å². The summed E-state index contributed by atoms with van der Waals surface area (Å²) in [7, 11) is 0. The number of rotatable bonds is 3. The van der Waals surface area contributed by atoms with Crippen molar-refractivity contribution in [1.82, 2.24) is 19.7 Å². The van der Waals surface area contributed by atoms with E-state index < -0.39 is 0 Å². The molecule has 2 aliphatic heterocycles. The number of carbonyl (C=O) groups is 2. The van der Waals surface area contributed by atoms with Gasteiger partial charge < -0.3 is 9.80 Å². The molecule has 0 aromatic carbocycles. The van der Waals surface area contributed by atoms with Crippen molar-refractivity contribution in [2.24, 2.45) is 0 Å². The number of carbonyl (C=O) groups excluding carboxylic acids is 2. The predicted octanol–water partition coefficient (Wildman–Crippen LogP) is -0.259. The Kier molecular flexibility index (Phi) is 3.48. The number of nitrogens with zero attached hydrogens (tertiary/aromatic N) is 4. The maximum Gasteiger partial charge on any atom is 0.282 e.